The Morgan fingerprint density at radius 3 is 2.70 bits per heavy atom. The average Bonchev–Trinajstić information content (AvgIpc) is 2.78. The molecule has 1 rings (SSSR count). The molecule has 1 N–H and O–H groups in total. The molecule has 1 aromatic rings. The summed E-state index contributed by atoms with van der Waals surface area (Å²) in [6.45, 7) is 5.07. The predicted octanol–water partition coefficient (Wildman–Crippen LogP) is 2.11. The van der Waals surface area contributed by atoms with E-state index in [1.54, 1.807) is 19.0 Å². The van der Waals surface area contributed by atoms with Gasteiger partial charge in [0.2, 0.25) is 5.91 Å². The van der Waals surface area contributed by atoms with Crippen LogP contribution in [0.1, 0.15) is 30.8 Å². The van der Waals surface area contributed by atoms with Crippen molar-refractivity contribution in [1.82, 2.24) is 14.8 Å². The molecular weight excluding hydrogens is 322 g/mol. The van der Waals surface area contributed by atoms with Gasteiger partial charge in [0.05, 0.1) is 5.92 Å². The van der Waals surface area contributed by atoms with Crippen molar-refractivity contribution in [3.63, 3.8) is 0 Å². The third-order valence-corrected chi connectivity index (χ3v) is 3.57. The Bertz CT molecular complexity index is 485. The number of hydrogen-bond donors (Lipinski definition) is 1. The van der Waals surface area contributed by atoms with Gasteiger partial charge in [0.1, 0.15) is 5.69 Å². The molecule has 112 valence electrons. The van der Waals surface area contributed by atoms with Gasteiger partial charge in [-0.05, 0) is 28.4 Å². The zero-order valence-corrected chi connectivity index (χ0v) is 14.0. The molecular formula is C14H22BrN3O2. The van der Waals surface area contributed by atoms with Gasteiger partial charge in [0.25, 0.3) is 5.91 Å². The lowest BCUT2D eigenvalue weighted by Crippen LogP contribution is -2.38. The number of aromatic nitrogens is 1. The topological polar surface area (TPSA) is 54.3 Å². The van der Waals surface area contributed by atoms with Crippen molar-refractivity contribution in [2.75, 3.05) is 20.6 Å². The highest BCUT2D eigenvalue weighted by molar-refractivity contribution is 9.10. The van der Waals surface area contributed by atoms with Gasteiger partial charge in [0.15, 0.2) is 0 Å². The Morgan fingerprint density at radius 1 is 1.50 bits per heavy atom. The summed E-state index contributed by atoms with van der Waals surface area (Å²) in [5.41, 5.74) is 0.644. The molecule has 5 nitrogen and oxygen atoms in total. The van der Waals surface area contributed by atoms with Crippen LogP contribution < -0.4 is 5.32 Å². The van der Waals surface area contributed by atoms with Crippen molar-refractivity contribution in [3.8, 4) is 0 Å². The molecule has 0 fully saturated rings. The first kappa shape index (κ1) is 16.8. The Kier molecular flexibility index (Phi) is 6.26. The molecule has 0 bridgehead atoms. The quantitative estimate of drug-likeness (QED) is 0.859. The van der Waals surface area contributed by atoms with E-state index in [1.165, 1.54) is 0 Å². The number of aryl methyl sites for hydroxylation is 1. The Morgan fingerprint density at radius 2 is 2.15 bits per heavy atom. The van der Waals surface area contributed by atoms with E-state index >= 15 is 0 Å². The zero-order valence-electron chi connectivity index (χ0n) is 12.4. The number of rotatable bonds is 6. The summed E-state index contributed by atoms with van der Waals surface area (Å²) in [5.74, 6) is -0.360. The van der Waals surface area contributed by atoms with E-state index in [4.69, 9.17) is 0 Å². The molecule has 2 amide bonds. The molecule has 0 radical (unpaired) electrons. The minimum absolute atomic E-state index is 0.0604. The van der Waals surface area contributed by atoms with E-state index in [-0.39, 0.29) is 17.7 Å². The van der Waals surface area contributed by atoms with E-state index in [0.29, 0.717) is 12.2 Å². The minimum Gasteiger partial charge on any atom is -0.359 e. The summed E-state index contributed by atoms with van der Waals surface area (Å²) in [4.78, 5) is 25.6. The molecule has 1 atom stereocenters. The average molecular weight is 344 g/mol. The van der Waals surface area contributed by atoms with Crippen LogP contribution in [-0.2, 0) is 11.3 Å². The normalized spacial score (nSPS) is 12.1. The third kappa shape index (κ3) is 4.10. The van der Waals surface area contributed by atoms with E-state index in [1.807, 2.05) is 23.8 Å². The number of carbonyl (C=O) groups excluding carboxylic acids is 2. The maximum Gasteiger partial charge on any atom is 0.270 e. The van der Waals surface area contributed by atoms with E-state index in [2.05, 4.69) is 28.2 Å². The van der Waals surface area contributed by atoms with E-state index in [0.717, 1.165) is 17.4 Å². The standard InChI is InChI=1S/C14H22BrN3O2/c1-5-6-18-9-11(15)7-12(18)14(20)17(4)8-10(2)13(19)16-3/h7,9-10H,5-6,8H2,1-4H3,(H,16,19). The van der Waals surface area contributed by atoms with Crippen LogP contribution in [0.3, 0.4) is 0 Å². The number of hydrogen-bond acceptors (Lipinski definition) is 2. The fourth-order valence-corrected chi connectivity index (χ4v) is 2.56. The van der Waals surface area contributed by atoms with Crippen LogP contribution in [0.15, 0.2) is 16.7 Å². The van der Waals surface area contributed by atoms with Gasteiger partial charge < -0.3 is 14.8 Å². The lowest BCUT2D eigenvalue weighted by molar-refractivity contribution is -0.124. The largest absolute Gasteiger partial charge is 0.359 e. The van der Waals surface area contributed by atoms with Crippen molar-refractivity contribution in [2.45, 2.75) is 26.8 Å². The van der Waals surface area contributed by atoms with Crippen LogP contribution in [0.5, 0.6) is 0 Å². The van der Waals surface area contributed by atoms with Crippen molar-refractivity contribution in [2.24, 2.45) is 5.92 Å². The van der Waals surface area contributed by atoms with Crippen molar-refractivity contribution >= 4 is 27.7 Å². The summed E-state index contributed by atoms with van der Waals surface area (Å²) >= 11 is 3.40. The number of nitrogens with zero attached hydrogens (tertiary/aromatic N) is 2. The van der Waals surface area contributed by atoms with Gasteiger partial charge in [-0.3, -0.25) is 9.59 Å². The molecule has 1 heterocycles. The summed E-state index contributed by atoms with van der Waals surface area (Å²) in [6.07, 6.45) is 2.87. The number of carbonyl (C=O) groups is 2. The molecule has 1 unspecified atom stereocenters. The molecule has 20 heavy (non-hydrogen) atoms. The molecule has 1 aromatic heterocycles. The maximum absolute atomic E-state index is 12.5. The Balaban J connectivity index is 2.81. The van der Waals surface area contributed by atoms with Gasteiger partial charge in [0, 0.05) is 37.9 Å². The second kappa shape index (κ2) is 7.47. The van der Waals surface area contributed by atoms with Crippen LogP contribution in [-0.4, -0.2) is 41.9 Å². The van der Waals surface area contributed by atoms with Gasteiger partial charge in [-0.2, -0.15) is 0 Å². The first-order chi connectivity index (χ1) is 9.40. The number of nitrogens with one attached hydrogen (secondary N) is 1. The first-order valence-corrected chi connectivity index (χ1v) is 7.52. The minimum atomic E-state index is -0.230. The van der Waals surface area contributed by atoms with Gasteiger partial charge >= 0.3 is 0 Å². The maximum atomic E-state index is 12.5. The highest BCUT2D eigenvalue weighted by atomic mass is 79.9. The van der Waals surface area contributed by atoms with Crippen molar-refractivity contribution in [3.05, 3.63) is 22.4 Å². The molecule has 6 heteroatoms. The van der Waals surface area contributed by atoms with Crippen LogP contribution in [0.25, 0.3) is 0 Å². The second-order valence-corrected chi connectivity index (χ2v) is 5.85. The molecule has 0 spiro atoms. The fourth-order valence-electron chi connectivity index (χ4n) is 2.10. The van der Waals surface area contributed by atoms with E-state index < -0.39 is 0 Å². The first-order valence-electron chi connectivity index (χ1n) is 6.73. The third-order valence-electron chi connectivity index (χ3n) is 3.14. The second-order valence-electron chi connectivity index (χ2n) is 4.94. The molecule has 0 aliphatic heterocycles. The molecule has 0 aliphatic carbocycles. The van der Waals surface area contributed by atoms with Crippen LogP contribution >= 0.6 is 15.9 Å². The Hall–Kier alpha value is -1.30. The smallest absolute Gasteiger partial charge is 0.270 e. The van der Waals surface area contributed by atoms with Gasteiger partial charge in [-0.1, -0.05) is 13.8 Å². The van der Waals surface area contributed by atoms with Crippen LogP contribution in [0.4, 0.5) is 0 Å². The van der Waals surface area contributed by atoms with Crippen LogP contribution in [0.2, 0.25) is 0 Å². The highest BCUT2D eigenvalue weighted by Gasteiger charge is 2.21. The summed E-state index contributed by atoms with van der Waals surface area (Å²) in [7, 11) is 3.32. The lowest BCUT2D eigenvalue weighted by atomic mass is 10.1. The predicted molar refractivity (Wildman–Crippen MR) is 82.6 cm³/mol. The summed E-state index contributed by atoms with van der Waals surface area (Å²) < 4.78 is 2.83. The lowest BCUT2D eigenvalue weighted by Gasteiger charge is -2.21. The highest BCUT2D eigenvalue weighted by Crippen LogP contribution is 2.17. The fraction of sp³-hybridized carbons (Fsp3) is 0.571. The molecule has 0 saturated carbocycles. The van der Waals surface area contributed by atoms with Crippen molar-refractivity contribution < 1.29 is 9.59 Å². The summed E-state index contributed by atoms with van der Waals surface area (Å²) in [6, 6.07) is 1.82. The summed E-state index contributed by atoms with van der Waals surface area (Å²) in [5, 5.41) is 2.59. The molecule has 0 saturated heterocycles. The molecule has 0 aromatic carbocycles. The Labute approximate surface area is 128 Å². The van der Waals surface area contributed by atoms with Gasteiger partial charge in [-0.15, -0.1) is 0 Å². The number of amides is 2. The number of halogens is 1. The molecule has 0 aliphatic rings. The van der Waals surface area contributed by atoms with Crippen molar-refractivity contribution in [1.29, 1.82) is 0 Å². The zero-order chi connectivity index (χ0) is 15.3. The SMILES string of the molecule is CCCn1cc(Br)cc1C(=O)N(C)CC(C)C(=O)NC. The monoisotopic (exact) mass is 343 g/mol. The van der Waals surface area contributed by atoms with E-state index in [9.17, 15) is 9.59 Å². The van der Waals surface area contributed by atoms with Crippen LogP contribution in [0, 0.1) is 5.92 Å². The van der Waals surface area contributed by atoms with Gasteiger partial charge in [-0.25, -0.2) is 0 Å².